The molecule has 0 saturated carbocycles. The molecule has 1 amide bonds. The number of allylic oxidation sites excluding steroid dienone is 2. The Morgan fingerprint density at radius 1 is 1.31 bits per heavy atom. The highest BCUT2D eigenvalue weighted by Gasteiger charge is 2.39. The summed E-state index contributed by atoms with van der Waals surface area (Å²) < 4.78 is 5.06. The minimum absolute atomic E-state index is 0.185. The lowest BCUT2D eigenvalue weighted by atomic mass is 9.89. The van der Waals surface area contributed by atoms with Crippen LogP contribution in [-0.2, 0) is 14.3 Å². The third-order valence-corrected chi connectivity index (χ3v) is 2.72. The fourth-order valence-corrected chi connectivity index (χ4v) is 2.01. The van der Waals surface area contributed by atoms with Crippen molar-refractivity contribution in [3.8, 4) is 0 Å². The van der Waals surface area contributed by atoms with E-state index in [0.29, 0.717) is 19.4 Å². The van der Waals surface area contributed by atoms with Crippen LogP contribution in [0.3, 0.4) is 0 Å². The minimum atomic E-state index is -0.828. The Morgan fingerprint density at radius 2 is 1.88 bits per heavy atom. The summed E-state index contributed by atoms with van der Waals surface area (Å²) >= 11 is 0. The summed E-state index contributed by atoms with van der Waals surface area (Å²) in [5, 5.41) is 2.77. The standard InChI is InChI=1S/C12H19NO3/c1-3-16-11(15)12(13-10(2)14)8-6-4-5-7-9-12/h4-5H,3,6-9H2,1-2H3,(H,13,14). The number of rotatable bonds is 3. The zero-order valence-electron chi connectivity index (χ0n) is 9.91. The molecule has 0 aliphatic heterocycles. The molecule has 0 atom stereocenters. The van der Waals surface area contributed by atoms with Crippen LogP contribution in [0, 0.1) is 0 Å². The highest BCUT2D eigenvalue weighted by atomic mass is 16.5. The van der Waals surface area contributed by atoms with Gasteiger partial charge in [0, 0.05) is 6.92 Å². The molecule has 90 valence electrons. The van der Waals surface area contributed by atoms with E-state index < -0.39 is 5.54 Å². The first-order chi connectivity index (χ1) is 7.60. The van der Waals surface area contributed by atoms with Crippen molar-refractivity contribution < 1.29 is 14.3 Å². The largest absolute Gasteiger partial charge is 0.464 e. The summed E-state index contributed by atoms with van der Waals surface area (Å²) in [7, 11) is 0. The lowest BCUT2D eigenvalue weighted by Gasteiger charge is -2.30. The molecule has 0 heterocycles. The van der Waals surface area contributed by atoms with Gasteiger partial charge in [-0.2, -0.15) is 0 Å². The van der Waals surface area contributed by atoms with Gasteiger partial charge in [-0.25, -0.2) is 4.79 Å². The van der Waals surface area contributed by atoms with Gasteiger partial charge in [0.15, 0.2) is 0 Å². The number of esters is 1. The van der Waals surface area contributed by atoms with Crippen molar-refractivity contribution >= 4 is 11.9 Å². The maximum absolute atomic E-state index is 11.9. The van der Waals surface area contributed by atoms with Crippen LogP contribution in [0.1, 0.15) is 39.5 Å². The maximum atomic E-state index is 11.9. The second-order valence-corrected chi connectivity index (χ2v) is 4.03. The molecule has 4 heteroatoms. The van der Waals surface area contributed by atoms with Crippen LogP contribution < -0.4 is 5.32 Å². The first-order valence-electron chi connectivity index (χ1n) is 5.72. The van der Waals surface area contributed by atoms with Crippen molar-refractivity contribution in [2.75, 3.05) is 6.61 Å². The number of hydrogen-bond donors (Lipinski definition) is 1. The van der Waals surface area contributed by atoms with E-state index >= 15 is 0 Å². The van der Waals surface area contributed by atoms with Gasteiger partial charge in [-0.3, -0.25) is 4.79 Å². The van der Waals surface area contributed by atoms with Gasteiger partial charge in [0.2, 0.25) is 5.91 Å². The molecule has 1 aliphatic rings. The first-order valence-corrected chi connectivity index (χ1v) is 5.72. The number of nitrogens with one attached hydrogen (secondary N) is 1. The van der Waals surface area contributed by atoms with E-state index in [1.165, 1.54) is 6.92 Å². The second kappa shape index (κ2) is 5.68. The van der Waals surface area contributed by atoms with E-state index in [0.717, 1.165) is 12.8 Å². The van der Waals surface area contributed by atoms with Gasteiger partial charge in [-0.05, 0) is 32.6 Å². The third kappa shape index (κ3) is 3.08. The molecule has 0 bridgehead atoms. The van der Waals surface area contributed by atoms with E-state index in [2.05, 4.69) is 5.32 Å². The summed E-state index contributed by atoms with van der Waals surface area (Å²) in [6.45, 7) is 3.54. The van der Waals surface area contributed by atoms with Crippen molar-refractivity contribution in [3.05, 3.63) is 12.2 Å². The predicted molar refractivity (Wildman–Crippen MR) is 60.8 cm³/mol. The molecule has 0 aromatic carbocycles. The highest BCUT2D eigenvalue weighted by molar-refractivity contribution is 5.87. The smallest absolute Gasteiger partial charge is 0.331 e. The van der Waals surface area contributed by atoms with Gasteiger partial charge in [0.1, 0.15) is 5.54 Å². The van der Waals surface area contributed by atoms with Crippen molar-refractivity contribution in [2.45, 2.75) is 45.1 Å². The van der Waals surface area contributed by atoms with Gasteiger partial charge < -0.3 is 10.1 Å². The molecule has 0 radical (unpaired) electrons. The number of amides is 1. The molecular weight excluding hydrogens is 206 g/mol. The van der Waals surface area contributed by atoms with Crippen LogP contribution in [0.2, 0.25) is 0 Å². The second-order valence-electron chi connectivity index (χ2n) is 4.03. The molecular formula is C12H19NO3. The Hall–Kier alpha value is -1.32. The normalized spacial score (nSPS) is 18.6. The predicted octanol–water partition coefficient (Wildman–Crippen LogP) is 1.55. The van der Waals surface area contributed by atoms with Gasteiger partial charge in [0.25, 0.3) is 0 Å². The summed E-state index contributed by atoms with van der Waals surface area (Å²) in [5.41, 5.74) is -0.828. The monoisotopic (exact) mass is 225 g/mol. The van der Waals surface area contributed by atoms with Crippen LogP contribution >= 0.6 is 0 Å². The van der Waals surface area contributed by atoms with Crippen LogP contribution in [0.15, 0.2) is 12.2 Å². The Labute approximate surface area is 96.0 Å². The molecule has 1 aliphatic carbocycles. The number of carbonyl (C=O) groups is 2. The molecule has 0 spiro atoms. The Morgan fingerprint density at radius 3 is 2.31 bits per heavy atom. The SMILES string of the molecule is CCOC(=O)C1(NC(C)=O)CCC=CCC1. The topological polar surface area (TPSA) is 55.4 Å². The van der Waals surface area contributed by atoms with E-state index in [1.54, 1.807) is 6.92 Å². The Balaban J connectivity index is 2.82. The Kier molecular flexibility index (Phi) is 4.52. The summed E-state index contributed by atoms with van der Waals surface area (Å²) in [5.74, 6) is -0.496. The zero-order valence-corrected chi connectivity index (χ0v) is 9.91. The van der Waals surface area contributed by atoms with Crippen LogP contribution in [0.25, 0.3) is 0 Å². The highest BCUT2D eigenvalue weighted by Crippen LogP contribution is 2.25. The molecule has 0 unspecified atom stereocenters. The lowest BCUT2D eigenvalue weighted by molar-refractivity contribution is -0.153. The molecule has 16 heavy (non-hydrogen) atoms. The van der Waals surface area contributed by atoms with Gasteiger partial charge in [-0.1, -0.05) is 12.2 Å². The molecule has 4 nitrogen and oxygen atoms in total. The minimum Gasteiger partial charge on any atom is -0.464 e. The van der Waals surface area contributed by atoms with E-state index in [1.807, 2.05) is 12.2 Å². The number of ether oxygens (including phenoxy) is 1. The van der Waals surface area contributed by atoms with E-state index in [9.17, 15) is 9.59 Å². The summed E-state index contributed by atoms with van der Waals surface area (Å²) in [6, 6.07) is 0. The number of hydrogen-bond acceptors (Lipinski definition) is 3. The fourth-order valence-electron chi connectivity index (χ4n) is 2.01. The third-order valence-electron chi connectivity index (χ3n) is 2.72. The van der Waals surface area contributed by atoms with Crippen LogP contribution in [0.4, 0.5) is 0 Å². The molecule has 0 saturated heterocycles. The van der Waals surface area contributed by atoms with Crippen molar-refractivity contribution in [3.63, 3.8) is 0 Å². The van der Waals surface area contributed by atoms with E-state index in [4.69, 9.17) is 4.74 Å². The average molecular weight is 225 g/mol. The summed E-state index contributed by atoms with van der Waals surface area (Å²) in [6.07, 6.45) is 6.90. The molecule has 0 fully saturated rings. The van der Waals surface area contributed by atoms with Crippen LogP contribution in [-0.4, -0.2) is 24.0 Å². The molecule has 1 N–H and O–H groups in total. The van der Waals surface area contributed by atoms with Crippen molar-refractivity contribution in [1.29, 1.82) is 0 Å². The maximum Gasteiger partial charge on any atom is 0.331 e. The van der Waals surface area contributed by atoms with Crippen molar-refractivity contribution in [2.24, 2.45) is 0 Å². The fraction of sp³-hybridized carbons (Fsp3) is 0.667. The zero-order chi connectivity index (χ0) is 12.0. The van der Waals surface area contributed by atoms with E-state index in [-0.39, 0.29) is 11.9 Å². The van der Waals surface area contributed by atoms with Gasteiger partial charge in [-0.15, -0.1) is 0 Å². The number of carbonyl (C=O) groups excluding carboxylic acids is 2. The lowest BCUT2D eigenvalue weighted by Crippen LogP contribution is -2.54. The molecule has 0 aromatic heterocycles. The molecule has 0 aromatic rings. The summed E-state index contributed by atoms with van der Waals surface area (Å²) in [4.78, 5) is 23.1. The molecule has 1 rings (SSSR count). The van der Waals surface area contributed by atoms with Crippen LogP contribution in [0.5, 0.6) is 0 Å². The van der Waals surface area contributed by atoms with Gasteiger partial charge in [0.05, 0.1) is 6.61 Å². The first kappa shape index (κ1) is 12.7. The van der Waals surface area contributed by atoms with Crippen molar-refractivity contribution in [1.82, 2.24) is 5.32 Å². The Bertz CT molecular complexity index is 287. The van der Waals surface area contributed by atoms with Gasteiger partial charge >= 0.3 is 5.97 Å². The average Bonchev–Trinajstić information content (AvgIpc) is 2.44. The quantitative estimate of drug-likeness (QED) is 0.585.